The Hall–Kier alpha value is -3.93. The molecule has 1 aliphatic rings. The topological polar surface area (TPSA) is 22.9 Å². The Morgan fingerprint density at radius 2 is 1.69 bits per heavy atom. The largest absolute Gasteiger partial charge is 0.361 e. The van der Waals surface area contributed by atoms with Crippen LogP contribution in [-0.2, 0) is 18.9 Å². The molecule has 0 unspecified atom stereocenters. The molecule has 3 nitrogen and oxygen atoms in total. The molecule has 0 spiro atoms. The van der Waals surface area contributed by atoms with Crippen molar-refractivity contribution in [1.82, 2.24) is 4.98 Å². The van der Waals surface area contributed by atoms with Crippen LogP contribution < -0.4 is 9.47 Å². The molecule has 0 saturated heterocycles. The smallest absolute Gasteiger partial charge is 0.263 e. The number of halogens is 1. The number of aryl methyl sites for hydroxylation is 1. The zero-order valence-corrected chi connectivity index (χ0v) is 24.0. The second-order valence-corrected chi connectivity index (χ2v) is 11.6. The molecule has 3 heterocycles. The molecule has 1 aliphatic heterocycles. The summed E-state index contributed by atoms with van der Waals surface area (Å²) in [6, 6.07) is 33.1. The van der Waals surface area contributed by atoms with Gasteiger partial charge in [0.2, 0.25) is 5.52 Å². The maximum Gasteiger partial charge on any atom is 0.263 e. The first-order valence-corrected chi connectivity index (χ1v) is 15.0. The van der Waals surface area contributed by atoms with E-state index < -0.39 is 0 Å². The van der Waals surface area contributed by atoms with Gasteiger partial charge in [0.05, 0.1) is 0 Å². The lowest BCUT2D eigenvalue weighted by atomic mass is 9.99. The van der Waals surface area contributed by atoms with Gasteiger partial charge in [-0.2, -0.15) is 4.57 Å². The molecular weight excluding hydrogens is 562 g/mol. The fraction of sp³-hybridized carbons (Fsp3) is 0.0882. The molecule has 6 aromatic rings. The highest BCUT2D eigenvalue weighted by Crippen LogP contribution is 2.36. The zero-order valence-electron chi connectivity index (χ0n) is 21.6. The lowest BCUT2D eigenvalue weighted by molar-refractivity contribution is -0.642. The minimum atomic E-state index is 0.845. The van der Waals surface area contributed by atoms with Gasteiger partial charge >= 0.3 is 0 Å². The first-order chi connectivity index (χ1) is 19.2. The normalized spacial score (nSPS) is 14.0. The van der Waals surface area contributed by atoms with Crippen LogP contribution in [0.3, 0.4) is 0 Å². The maximum absolute atomic E-state index is 3.54. The number of aromatic nitrogens is 2. The van der Waals surface area contributed by atoms with E-state index in [4.69, 9.17) is 0 Å². The van der Waals surface area contributed by atoms with Crippen molar-refractivity contribution in [3.05, 3.63) is 131 Å². The molecule has 0 aliphatic carbocycles. The Morgan fingerprint density at radius 1 is 0.897 bits per heavy atom. The molecule has 2 aromatic heterocycles. The number of fused-ring (bicyclic) bond motifs is 3. The predicted molar refractivity (Wildman–Crippen MR) is 169 cm³/mol. The molecule has 0 amide bonds. The van der Waals surface area contributed by atoms with E-state index >= 15 is 0 Å². The fourth-order valence-electron chi connectivity index (χ4n) is 5.35. The van der Waals surface area contributed by atoms with Crippen LogP contribution in [0.25, 0.3) is 43.9 Å². The number of hydrogen-bond acceptors (Lipinski definition) is 2. The highest BCUT2D eigenvalue weighted by Gasteiger charge is 2.20. The molecule has 190 valence electrons. The number of hydrogen-bond donors (Lipinski definition) is 1. The van der Waals surface area contributed by atoms with Gasteiger partial charge in [0, 0.05) is 53.2 Å². The number of rotatable bonds is 5. The number of nitrogens with one attached hydrogen (secondary N) is 1. The molecule has 0 saturated carbocycles. The van der Waals surface area contributed by atoms with Gasteiger partial charge < -0.3 is 9.88 Å². The lowest BCUT2D eigenvalue weighted by Gasteiger charge is -2.27. The van der Waals surface area contributed by atoms with Crippen molar-refractivity contribution in [3.63, 3.8) is 0 Å². The first-order valence-electron chi connectivity index (χ1n) is 13.1. The van der Waals surface area contributed by atoms with Crippen molar-refractivity contribution < 1.29 is 4.57 Å². The first kappa shape index (κ1) is 24.1. The van der Waals surface area contributed by atoms with Crippen molar-refractivity contribution in [2.45, 2.75) is 11.9 Å². The Bertz CT molecular complexity index is 1890. The van der Waals surface area contributed by atoms with Crippen molar-refractivity contribution in [2.75, 3.05) is 4.90 Å². The number of para-hydroxylation sites is 1. The lowest BCUT2D eigenvalue weighted by Crippen LogP contribution is -2.29. The summed E-state index contributed by atoms with van der Waals surface area (Å²) in [4.78, 5) is 5.63. The zero-order chi connectivity index (χ0) is 26.3. The van der Waals surface area contributed by atoms with Crippen molar-refractivity contribution in [1.29, 1.82) is 0 Å². The minimum absolute atomic E-state index is 0.845. The van der Waals surface area contributed by atoms with Gasteiger partial charge in [-0.1, -0.05) is 75.8 Å². The predicted octanol–water partition coefficient (Wildman–Crippen LogP) is 8.84. The van der Waals surface area contributed by atoms with E-state index in [2.05, 4.69) is 147 Å². The third kappa shape index (κ3) is 4.52. The molecule has 39 heavy (non-hydrogen) atoms. The molecule has 0 atom stereocenters. The number of anilines is 1. The molecule has 4 aromatic carbocycles. The fourth-order valence-corrected chi connectivity index (χ4v) is 6.86. The number of alkyl halides is 1. The molecule has 0 radical (unpaired) electrons. The number of nitrogens with zero attached hydrogens (tertiary/aromatic N) is 2. The maximum atomic E-state index is 3.54. The summed E-state index contributed by atoms with van der Waals surface area (Å²) >= 11 is 5.38. The van der Waals surface area contributed by atoms with Gasteiger partial charge in [0.15, 0.2) is 0 Å². The van der Waals surface area contributed by atoms with Crippen LogP contribution in [0.1, 0.15) is 21.7 Å². The van der Waals surface area contributed by atoms with E-state index in [1.54, 1.807) is 0 Å². The summed E-state index contributed by atoms with van der Waals surface area (Å²) in [6.45, 7) is 0.845. The number of benzene rings is 4. The summed E-state index contributed by atoms with van der Waals surface area (Å²) in [5.41, 5.74) is 11.2. The van der Waals surface area contributed by atoms with Crippen molar-refractivity contribution in [3.8, 4) is 11.1 Å². The van der Waals surface area contributed by atoms with E-state index in [1.807, 2.05) is 17.5 Å². The third-order valence-electron chi connectivity index (χ3n) is 7.52. The number of allylic oxidation sites excluding steroid dienone is 2. The minimum Gasteiger partial charge on any atom is -0.361 e. The van der Waals surface area contributed by atoms with Crippen LogP contribution in [0, 0.1) is 0 Å². The van der Waals surface area contributed by atoms with Crippen LogP contribution in [0.4, 0.5) is 5.69 Å². The summed E-state index contributed by atoms with van der Waals surface area (Å²) in [7, 11) is 2.16. The Balaban J connectivity index is 1.22. The molecule has 0 bridgehead atoms. The second-order valence-electron chi connectivity index (χ2n) is 9.97. The van der Waals surface area contributed by atoms with Crippen molar-refractivity contribution >= 4 is 65.7 Å². The number of H-pyrrole nitrogens is 1. The summed E-state index contributed by atoms with van der Waals surface area (Å²) in [5, 5.41) is 3.35. The third-order valence-corrected chi connectivity index (χ3v) is 9.32. The molecule has 7 rings (SSSR count). The summed E-state index contributed by atoms with van der Waals surface area (Å²) in [5.74, 6) is 0. The van der Waals surface area contributed by atoms with E-state index in [1.165, 1.54) is 65.2 Å². The Labute approximate surface area is 240 Å². The summed E-state index contributed by atoms with van der Waals surface area (Å²) in [6.07, 6.45) is 8.79. The highest BCUT2D eigenvalue weighted by molar-refractivity contribution is 9.08. The van der Waals surface area contributed by atoms with Crippen LogP contribution in [0.5, 0.6) is 0 Å². The van der Waals surface area contributed by atoms with E-state index in [9.17, 15) is 0 Å². The Kier molecular flexibility index (Phi) is 6.18. The highest BCUT2D eigenvalue weighted by atomic mass is 79.9. The van der Waals surface area contributed by atoms with Crippen LogP contribution >= 0.6 is 27.3 Å². The van der Waals surface area contributed by atoms with E-state index in [0.29, 0.717) is 0 Å². The van der Waals surface area contributed by atoms with Gasteiger partial charge in [-0.3, -0.25) is 0 Å². The Morgan fingerprint density at radius 3 is 2.56 bits per heavy atom. The second kappa shape index (κ2) is 9.99. The van der Waals surface area contributed by atoms with Gasteiger partial charge in [-0.15, -0.1) is 0 Å². The van der Waals surface area contributed by atoms with Gasteiger partial charge in [0.25, 0.3) is 5.01 Å². The molecule has 1 N–H and O–H groups in total. The van der Waals surface area contributed by atoms with Crippen LogP contribution in [0.2, 0.25) is 0 Å². The van der Waals surface area contributed by atoms with E-state index in [-0.39, 0.29) is 0 Å². The van der Waals surface area contributed by atoms with Crippen molar-refractivity contribution in [2.24, 2.45) is 7.05 Å². The number of aromatic amines is 1. The van der Waals surface area contributed by atoms with Gasteiger partial charge in [-0.25, -0.2) is 0 Å². The summed E-state index contributed by atoms with van der Waals surface area (Å²) < 4.78 is 3.60. The average Bonchev–Trinajstić information content (AvgIpc) is 3.58. The van der Waals surface area contributed by atoms with Crippen LogP contribution in [0.15, 0.2) is 109 Å². The van der Waals surface area contributed by atoms with Gasteiger partial charge in [-0.05, 0) is 75.7 Å². The van der Waals surface area contributed by atoms with Gasteiger partial charge in [0.1, 0.15) is 11.7 Å². The molecular formula is C34H27BrN3S+. The van der Waals surface area contributed by atoms with E-state index in [0.717, 1.165) is 11.9 Å². The molecule has 5 heteroatoms. The quantitative estimate of drug-likeness (QED) is 0.158. The van der Waals surface area contributed by atoms with Crippen LogP contribution in [-0.4, -0.2) is 4.98 Å². The standard InChI is InChI=1S/C34H27BrN3S/c1-37-32-13-11-26(25-10-12-30-28(18-25)14-16-36-30)19-33(32)39-34(37)20-27-15-17-38(31-5-3-2-4-29(27)31)22-24-8-6-23(21-35)7-9-24/h2-20,36H,21-22H2,1H3/q+1. The number of thiazole rings is 1. The SMILES string of the molecule is C[n+]1c(C=C2C=CN(Cc3ccc(CBr)cc3)c3ccccc32)sc2cc(-c3ccc4[nH]ccc4c3)ccc21. The average molecular weight is 590 g/mol. The molecule has 0 fully saturated rings. The monoisotopic (exact) mass is 588 g/mol.